The molecular weight excluding hydrogens is 394 g/mol. The highest BCUT2D eigenvalue weighted by molar-refractivity contribution is 9.10. The maximum atomic E-state index is 12.6. The maximum Gasteiger partial charge on any atom is 0.242 e. The Balaban J connectivity index is 2.09. The number of rotatable bonds is 7. The SMILES string of the molecule is COc1ccc(CCN(C)S(=O)(=O)c2ccc(Br)cc2)cc1OC. The van der Waals surface area contributed by atoms with Crippen LogP contribution in [0.15, 0.2) is 51.8 Å². The zero-order chi connectivity index (χ0) is 17.7. The summed E-state index contributed by atoms with van der Waals surface area (Å²) in [5.41, 5.74) is 0.977. The average molecular weight is 414 g/mol. The molecule has 0 aliphatic rings. The van der Waals surface area contributed by atoms with E-state index in [2.05, 4.69) is 15.9 Å². The van der Waals surface area contributed by atoms with Crippen LogP contribution in [0, 0.1) is 0 Å². The molecule has 5 nitrogen and oxygen atoms in total. The van der Waals surface area contributed by atoms with Crippen molar-refractivity contribution < 1.29 is 17.9 Å². The molecule has 0 saturated carbocycles. The van der Waals surface area contributed by atoms with Crippen molar-refractivity contribution in [1.29, 1.82) is 0 Å². The predicted octanol–water partition coefficient (Wildman–Crippen LogP) is 3.33. The van der Waals surface area contributed by atoms with Gasteiger partial charge < -0.3 is 9.47 Å². The molecule has 0 atom stereocenters. The summed E-state index contributed by atoms with van der Waals surface area (Å²) in [7, 11) is 1.24. The van der Waals surface area contributed by atoms with Crippen LogP contribution < -0.4 is 9.47 Å². The summed E-state index contributed by atoms with van der Waals surface area (Å²) in [5, 5.41) is 0. The lowest BCUT2D eigenvalue weighted by Crippen LogP contribution is -2.29. The molecule has 2 aromatic carbocycles. The minimum Gasteiger partial charge on any atom is -0.493 e. The second-order valence-electron chi connectivity index (χ2n) is 5.22. The van der Waals surface area contributed by atoms with Crippen molar-refractivity contribution in [1.82, 2.24) is 4.31 Å². The Kier molecular flexibility index (Phi) is 6.26. The normalized spacial score (nSPS) is 11.5. The van der Waals surface area contributed by atoms with Gasteiger partial charge in [-0.1, -0.05) is 22.0 Å². The van der Waals surface area contributed by atoms with Gasteiger partial charge in [-0.25, -0.2) is 12.7 Å². The zero-order valence-electron chi connectivity index (χ0n) is 13.8. The molecule has 0 fully saturated rings. The molecule has 0 heterocycles. The predicted molar refractivity (Wildman–Crippen MR) is 97.2 cm³/mol. The van der Waals surface area contributed by atoms with Gasteiger partial charge in [0.05, 0.1) is 19.1 Å². The second kappa shape index (κ2) is 8.00. The highest BCUT2D eigenvalue weighted by Gasteiger charge is 2.20. The standard InChI is InChI=1S/C17H20BrNO4S/c1-19(24(20,21)15-7-5-14(18)6-8-15)11-10-13-4-9-16(22-2)17(12-13)23-3/h4-9,12H,10-11H2,1-3H3. The first-order chi connectivity index (χ1) is 11.4. The van der Waals surface area contributed by atoms with E-state index >= 15 is 0 Å². The fraction of sp³-hybridized carbons (Fsp3) is 0.294. The van der Waals surface area contributed by atoms with Gasteiger partial charge in [0.15, 0.2) is 11.5 Å². The van der Waals surface area contributed by atoms with Crippen LogP contribution in [0.1, 0.15) is 5.56 Å². The van der Waals surface area contributed by atoms with Crippen molar-refractivity contribution >= 4 is 26.0 Å². The van der Waals surface area contributed by atoms with Gasteiger partial charge in [-0.05, 0) is 48.4 Å². The first-order valence-electron chi connectivity index (χ1n) is 7.31. The summed E-state index contributed by atoms with van der Waals surface area (Å²) < 4.78 is 37.8. The number of methoxy groups -OCH3 is 2. The van der Waals surface area contributed by atoms with Crippen LogP contribution in [0.2, 0.25) is 0 Å². The lowest BCUT2D eigenvalue weighted by Gasteiger charge is -2.17. The molecule has 0 saturated heterocycles. The molecule has 0 aromatic heterocycles. The van der Waals surface area contributed by atoms with Crippen LogP contribution >= 0.6 is 15.9 Å². The number of nitrogens with zero attached hydrogens (tertiary/aromatic N) is 1. The van der Waals surface area contributed by atoms with Gasteiger partial charge in [0.2, 0.25) is 10.0 Å². The number of likely N-dealkylation sites (N-methyl/N-ethyl adjacent to an activating group) is 1. The van der Waals surface area contributed by atoms with E-state index in [1.807, 2.05) is 18.2 Å². The van der Waals surface area contributed by atoms with Gasteiger partial charge >= 0.3 is 0 Å². The largest absolute Gasteiger partial charge is 0.493 e. The number of benzene rings is 2. The van der Waals surface area contributed by atoms with Crippen molar-refractivity contribution in [3.05, 3.63) is 52.5 Å². The highest BCUT2D eigenvalue weighted by Crippen LogP contribution is 2.28. The average Bonchev–Trinajstić information content (AvgIpc) is 2.59. The summed E-state index contributed by atoms with van der Waals surface area (Å²) in [6.45, 7) is 0.369. The Morgan fingerprint density at radius 2 is 1.62 bits per heavy atom. The van der Waals surface area contributed by atoms with E-state index in [9.17, 15) is 8.42 Å². The Morgan fingerprint density at radius 3 is 2.21 bits per heavy atom. The minimum atomic E-state index is -3.50. The third kappa shape index (κ3) is 4.28. The second-order valence-corrected chi connectivity index (χ2v) is 8.18. The van der Waals surface area contributed by atoms with Crippen LogP contribution in [0.4, 0.5) is 0 Å². The number of ether oxygens (including phenoxy) is 2. The van der Waals surface area contributed by atoms with E-state index in [1.165, 1.54) is 4.31 Å². The van der Waals surface area contributed by atoms with Gasteiger partial charge in [-0.15, -0.1) is 0 Å². The third-order valence-corrected chi connectivity index (χ3v) is 6.08. The molecule has 0 bridgehead atoms. The molecule has 24 heavy (non-hydrogen) atoms. The Hall–Kier alpha value is -1.57. The van der Waals surface area contributed by atoms with E-state index in [0.717, 1.165) is 10.0 Å². The van der Waals surface area contributed by atoms with E-state index in [0.29, 0.717) is 24.5 Å². The van der Waals surface area contributed by atoms with Crippen LogP contribution in [0.3, 0.4) is 0 Å². The lowest BCUT2D eigenvalue weighted by atomic mass is 10.1. The van der Waals surface area contributed by atoms with Crippen LogP contribution in [0.25, 0.3) is 0 Å². The van der Waals surface area contributed by atoms with Crippen LogP contribution in [-0.4, -0.2) is 40.5 Å². The molecule has 2 rings (SSSR count). The molecule has 0 N–H and O–H groups in total. The maximum absolute atomic E-state index is 12.6. The quantitative estimate of drug-likeness (QED) is 0.698. The topological polar surface area (TPSA) is 55.8 Å². The molecule has 0 aliphatic heterocycles. The molecule has 2 aromatic rings. The molecule has 0 radical (unpaired) electrons. The van der Waals surface area contributed by atoms with Crippen molar-refractivity contribution in [2.24, 2.45) is 0 Å². The van der Waals surface area contributed by atoms with E-state index in [4.69, 9.17) is 9.47 Å². The van der Waals surface area contributed by atoms with Crippen LogP contribution in [0.5, 0.6) is 11.5 Å². The molecule has 0 spiro atoms. The van der Waals surface area contributed by atoms with Crippen molar-refractivity contribution in [2.45, 2.75) is 11.3 Å². The van der Waals surface area contributed by atoms with Gasteiger partial charge in [-0.3, -0.25) is 0 Å². The lowest BCUT2D eigenvalue weighted by molar-refractivity contribution is 0.354. The number of sulfonamides is 1. The third-order valence-electron chi connectivity index (χ3n) is 3.69. The fourth-order valence-corrected chi connectivity index (χ4v) is 3.67. The Morgan fingerprint density at radius 1 is 1.00 bits per heavy atom. The molecule has 130 valence electrons. The molecule has 0 aliphatic carbocycles. The Bertz CT molecular complexity index is 791. The van der Waals surface area contributed by atoms with Crippen molar-refractivity contribution in [3.63, 3.8) is 0 Å². The molecule has 0 amide bonds. The van der Waals surface area contributed by atoms with Gasteiger partial charge in [0.1, 0.15) is 0 Å². The van der Waals surface area contributed by atoms with Crippen LogP contribution in [-0.2, 0) is 16.4 Å². The summed E-state index contributed by atoms with van der Waals surface area (Å²) in [4.78, 5) is 0.278. The molecular formula is C17H20BrNO4S. The number of hydrogen-bond donors (Lipinski definition) is 0. The van der Waals surface area contributed by atoms with Crippen molar-refractivity contribution in [2.75, 3.05) is 27.8 Å². The minimum absolute atomic E-state index is 0.278. The van der Waals surface area contributed by atoms with E-state index in [1.54, 1.807) is 45.5 Å². The fourth-order valence-electron chi connectivity index (χ4n) is 2.23. The van der Waals surface area contributed by atoms with Crippen molar-refractivity contribution in [3.8, 4) is 11.5 Å². The van der Waals surface area contributed by atoms with E-state index < -0.39 is 10.0 Å². The van der Waals surface area contributed by atoms with Gasteiger partial charge in [-0.2, -0.15) is 0 Å². The number of hydrogen-bond acceptors (Lipinski definition) is 4. The van der Waals surface area contributed by atoms with Gasteiger partial charge in [0, 0.05) is 18.1 Å². The monoisotopic (exact) mass is 413 g/mol. The molecule has 7 heteroatoms. The number of halogens is 1. The summed E-state index contributed by atoms with van der Waals surface area (Å²) in [6, 6.07) is 12.2. The first-order valence-corrected chi connectivity index (χ1v) is 9.54. The molecule has 0 unspecified atom stereocenters. The Labute approximate surface area is 151 Å². The zero-order valence-corrected chi connectivity index (χ0v) is 16.2. The highest BCUT2D eigenvalue weighted by atomic mass is 79.9. The van der Waals surface area contributed by atoms with Gasteiger partial charge in [0.25, 0.3) is 0 Å². The first kappa shape index (κ1) is 18.8. The van der Waals surface area contributed by atoms with E-state index in [-0.39, 0.29) is 4.90 Å². The summed E-state index contributed by atoms with van der Waals surface area (Å²) in [6.07, 6.45) is 0.576. The summed E-state index contributed by atoms with van der Waals surface area (Å²) in [5.74, 6) is 1.28. The summed E-state index contributed by atoms with van der Waals surface area (Å²) >= 11 is 3.31. The smallest absolute Gasteiger partial charge is 0.242 e.